The van der Waals surface area contributed by atoms with Gasteiger partial charge in [0.1, 0.15) is 0 Å². The van der Waals surface area contributed by atoms with Crippen molar-refractivity contribution >= 4 is 28.8 Å². The molecule has 2 aromatic heterocycles. The fourth-order valence-electron chi connectivity index (χ4n) is 6.18. The van der Waals surface area contributed by atoms with Gasteiger partial charge in [-0.25, -0.2) is 0 Å². The molecule has 0 unspecified atom stereocenters. The second kappa shape index (κ2) is 12.3. The van der Waals surface area contributed by atoms with Gasteiger partial charge >= 0.3 is 0 Å². The van der Waals surface area contributed by atoms with Crippen molar-refractivity contribution in [1.29, 1.82) is 0 Å². The minimum Gasteiger partial charge on any atom is -0.416 e. The lowest BCUT2D eigenvalue weighted by Crippen LogP contribution is -2.74. The fourth-order valence-corrected chi connectivity index (χ4v) is 10.9. The summed E-state index contributed by atoms with van der Waals surface area (Å²) in [6.07, 6.45) is 0. The standard InChI is InChI=1S/C40H28N4O2Si/c1-5-13-29(14-6-1)37-41-43-39(45-37)31-21-25-35(26-22-31)47(33-17-9-3-10-18-33,34-19-11-4-12-20-34)36-27-23-32(24-28-36)40-44-42-38(46-40)30-15-7-2-8-16-30/h1-28H. The van der Waals surface area contributed by atoms with E-state index in [1.807, 2.05) is 60.7 Å². The Bertz CT molecular complexity index is 2060. The second-order valence-corrected chi connectivity index (χ2v) is 15.0. The molecule has 6 aromatic carbocycles. The van der Waals surface area contributed by atoms with E-state index in [-0.39, 0.29) is 0 Å². The molecule has 8 rings (SSSR count). The summed E-state index contributed by atoms with van der Waals surface area (Å²) >= 11 is 0. The van der Waals surface area contributed by atoms with Crippen molar-refractivity contribution in [3.8, 4) is 45.8 Å². The first-order chi connectivity index (χ1) is 23.3. The van der Waals surface area contributed by atoms with Gasteiger partial charge in [-0.15, -0.1) is 20.4 Å². The number of hydrogen-bond acceptors (Lipinski definition) is 6. The highest BCUT2D eigenvalue weighted by atomic mass is 28.3. The molecule has 8 aromatic rings. The summed E-state index contributed by atoms with van der Waals surface area (Å²) in [5.74, 6) is 1.97. The van der Waals surface area contributed by atoms with Crippen molar-refractivity contribution in [1.82, 2.24) is 20.4 Å². The fraction of sp³-hybridized carbons (Fsp3) is 0. The molecule has 0 aliphatic heterocycles. The van der Waals surface area contributed by atoms with Crippen LogP contribution >= 0.6 is 0 Å². The average molecular weight is 625 g/mol. The van der Waals surface area contributed by atoms with E-state index in [0.29, 0.717) is 23.6 Å². The third kappa shape index (κ3) is 5.28. The van der Waals surface area contributed by atoms with E-state index in [1.54, 1.807) is 0 Å². The van der Waals surface area contributed by atoms with Crippen molar-refractivity contribution < 1.29 is 8.83 Å². The molecular formula is C40H28N4O2Si. The maximum atomic E-state index is 6.09. The van der Waals surface area contributed by atoms with Crippen molar-refractivity contribution in [3.05, 3.63) is 170 Å². The van der Waals surface area contributed by atoms with Crippen molar-refractivity contribution in [2.45, 2.75) is 0 Å². The molecule has 0 aliphatic rings. The number of aromatic nitrogens is 4. The number of hydrogen-bond donors (Lipinski definition) is 0. The van der Waals surface area contributed by atoms with Gasteiger partial charge < -0.3 is 8.83 Å². The predicted molar refractivity (Wildman–Crippen MR) is 188 cm³/mol. The first-order valence-corrected chi connectivity index (χ1v) is 17.4. The molecule has 0 spiro atoms. The Kier molecular flexibility index (Phi) is 7.41. The molecule has 0 N–H and O–H groups in total. The van der Waals surface area contributed by atoms with Crippen LogP contribution in [0.4, 0.5) is 0 Å². The van der Waals surface area contributed by atoms with Gasteiger partial charge in [-0.1, -0.05) is 121 Å². The SMILES string of the molecule is c1ccc(-c2nnc(-c3ccc([Si](c4ccccc4)(c4ccccc4)c4ccc(-c5nnc(-c6ccccc6)o5)cc4)cc3)o2)cc1. The van der Waals surface area contributed by atoms with Crippen LogP contribution in [-0.2, 0) is 0 Å². The maximum absolute atomic E-state index is 6.09. The number of nitrogens with zero attached hydrogens (tertiary/aromatic N) is 4. The van der Waals surface area contributed by atoms with Crippen LogP contribution in [0, 0.1) is 0 Å². The summed E-state index contributed by atoms with van der Waals surface area (Å²) in [6.45, 7) is 0. The van der Waals surface area contributed by atoms with Crippen molar-refractivity contribution in [2.75, 3.05) is 0 Å². The summed E-state index contributed by atoms with van der Waals surface area (Å²) in [4.78, 5) is 0. The minimum absolute atomic E-state index is 0.487. The highest BCUT2D eigenvalue weighted by molar-refractivity contribution is 7.19. The first kappa shape index (κ1) is 28.3. The zero-order valence-electron chi connectivity index (χ0n) is 25.3. The molecular weight excluding hydrogens is 597 g/mol. The summed E-state index contributed by atoms with van der Waals surface area (Å²) in [5, 5.41) is 22.4. The number of rotatable bonds is 8. The normalized spacial score (nSPS) is 11.4. The van der Waals surface area contributed by atoms with Crippen LogP contribution in [0.1, 0.15) is 0 Å². The third-order valence-corrected chi connectivity index (χ3v) is 13.2. The zero-order valence-corrected chi connectivity index (χ0v) is 26.3. The zero-order chi connectivity index (χ0) is 31.5. The van der Waals surface area contributed by atoms with E-state index < -0.39 is 8.07 Å². The van der Waals surface area contributed by atoms with Gasteiger partial charge in [0.15, 0.2) is 8.07 Å². The van der Waals surface area contributed by atoms with Gasteiger partial charge in [-0.3, -0.25) is 0 Å². The van der Waals surface area contributed by atoms with E-state index in [4.69, 9.17) is 8.83 Å². The molecule has 2 heterocycles. The Morgan fingerprint density at radius 2 is 0.532 bits per heavy atom. The summed E-state index contributed by atoms with van der Waals surface area (Å²) in [7, 11) is -2.78. The topological polar surface area (TPSA) is 77.8 Å². The van der Waals surface area contributed by atoms with E-state index >= 15 is 0 Å². The lowest BCUT2D eigenvalue weighted by Gasteiger charge is -2.34. The Morgan fingerprint density at radius 1 is 0.277 bits per heavy atom. The Balaban J connectivity index is 1.23. The highest BCUT2D eigenvalue weighted by Crippen LogP contribution is 2.25. The monoisotopic (exact) mass is 624 g/mol. The molecule has 0 radical (unpaired) electrons. The van der Waals surface area contributed by atoms with E-state index in [0.717, 1.165) is 22.3 Å². The van der Waals surface area contributed by atoms with Crippen LogP contribution in [0.5, 0.6) is 0 Å². The smallest absolute Gasteiger partial charge is 0.248 e. The molecule has 47 heavy (non-hydrogen) atoms. The van der Waals surface area contributed by atoms with Gasteiger partial charge in [-0.2, -0.15) is 0 Å². The van der Waals surface area contributed by atoms with Crippen molar-refractivity contribution in [3.63, 3.8) is 0 Å². The third-order valence-electron chi connectivity index (χ3n) is 8.43. The van der Waals surface area contributed by atoms with Crippen molar-refractivity contribution in [2.24, 2.45) is 0 Å². The summed E-state index contributed by atoms with van der Waals surface area (Å²) < 4.78 is 12.2. The Hall–Kier alpha value is -6.18. The largest absolute Gasteiger partial charge is 0.416 e. The molecule has 7 heteroatoms. The highest BCUT2D eigenvalue weighted by Gasteiger charge is 2.41. The van der Waals surface area contributed by atoms with Crippen LogP contribution in [0.3, 0.4) is 0 Å². The molecule has 0 saturated carbocycles. The minimum atomic E-state index is -2.78. The van der Waals surface area contributed by atoms with Gasteiger partial charge in [-0.05, 0) is 69.3 Å². The Labute approximate surface area is 273 Å². The predicted octanol–water partition coefficient (Wildman–Crippen LogP) is 6.50. The summed E-state index contributed by atoms with van der Waals surface area (Å²) in [6, 6.07) is 58.4. The molecule has 224 valence electrons. The van der Waals surface area contributed by atoms with Gasteiger partial charge in [0.2, 0.25) is 23.6 Å². The van der Waals surface area contributed by atoms with Crippen LogP contribution in [-0.4, -0.2) is 28.5 Å². The quantitative estimate of drug-likeness (QED) is 0.142. The van der Waals surface area contributed by atoms with E-state index in [9.17, 15) is 0 Å². The Morgan fingerprint density at radius 3 is 0.851 bits per heavy atom. The molecule has 6 nitrogen and oxygen atoms in total. The molecule has 0 fully saturated rings. The van der Waals surface area contributed by atoms with Crippen LogP contribution in [0.15, 0.2) is 179 Å². The van der Waals surface area contributed by atoms with E-state index in [1.165, 1.54) is 20.7 Å². The lowest BCUT2D eigenvalue weighted by molar-refractivity contribution is 0.584. The van der Waals surface area contributed by atoms with Crippen LogP contribution < -0.4 is 20.7 Å². The molecule has 0 saturated heterocycles. The van der Waals surface area contributed by atoms with E-state index in [2.05, 4.69) is 130 Å². The summed E-state index contributed by atoms with van der Waals surface area (Å²) in [5.41, 5.74) is 3.52. The lowest BCUT2D eigenvalue weighted by atomic mass is 10.2. The first-order valence-electron chi connectivity index (χ1n) is 15.4. The number of benzene rings is 6. The maximum Gasteiger partial charge on any atom is 0.248 e. The van der Waals surface area contributed by atoms with Crippen LogP contribution in [0.25, 0.3) is 45.8 Å². The molecule has 0 atom stereocenters. The molecule has 0 amide bonds. The molecule has 0 bridgehead atoms. The second-order valence-electron chi connectivity index (χ2n) is 11.2. The molecule has 0 aliphatic carbocycles. The van der Waals surface area contributed by atoms with Crippen LogP contribution in [0.2, 0.25) is 0 Å². The van der Waals surface area contributed by atoms with Gasteiger partial charge in [0, 0.05) is 22.3 Å². The van der Waals surface area contributed by atoms with Gasteiger partial charge in [0.05, 0.1) is 0 Å². The van der Waals surface area contributed by atoms with Gasteiger partial charge in [0.25, 0.3) is 0 Å². The average Bonchev–Trinajstić information content (AvgIpc) is 3.86.